The highest BCUT2D eigenvalue weighted by Gasteiger charge is 2.19. The number of benzene rings is 1. The van der Waals surface area contributed by atoms with E-state index >= 15 is 0 Å². The van der Waals surface area contributed by atoms with Crippen molar-refractivity contribution in [2.75, 3.05) is 18.5 Å². The molecule has 0 saturated heterocycles. The summed E-state index contributed by atoms with van der Waals surface area (Å²) in [7, 11) is 0. The van der Waals surface area contributed by atoms with Gasteiger partial charge >= 0.3 is 5.97 Å². The summed E-state index contributed by atoms with van der Waals surface area (Å²) < 4.78 is 5.07. The number of nitro groups is 1. The lowest BCUT2D eigenvalue weighted by molar-refractivity contribution is -0.384. The Kier molecular flexibility index (Phi) is 6.41. The Morgan fingerprint density at radius 1 is 1.21 bits per heavy atom. The SMILES string of the molecule is CCOC(=O)c1cnc(NCCc2ccccn2)nc1-c1cccc([N+](=O)[O-])c1. The van der Waals surface area contributed by atoms with E-state index in [4.69, 9.17) is 4.74 Å². The molecule has 1 N–H and O–H groups in total. The molecule has 0 aliphatic rings. The highest BCUT2D eigenvalue weighted by Crippen LogP contribution is 2.26. The van der Waals surface area contributed by atoms with Gasteiger partial charge in [0.15, 0.2) is 0 Å². The number of carbonyl (C=O) groups is 1. The summed E-state index contributed by atoms with van der Waals surface area (Å²) >= 11 is 0. The van der Waals surface area contributed by atoms with E-state index in [0.717, 1.165) is 5.69 Å². The zero-order chi connectivity index (χ0) is 20.6. The molecule has 0 bridgehead atoms. The second kappa shape index (κ2) is 9.36. The molecule has 0 amide bonds. The Morgan fingerprint density at radius 2 is 2.07 bits per heavy atom. The van der Waals surface area contributed by atoms with E-state index < -0.39 is 10.9 Å². The zero-order valence-electron chi connectivity index (χ0n) is 15.7. The number of anilines is 1. The lowest BCUT2D eigenvalue weighted by Gasteiger charge is -2.11. The average Bonchev–Trinajstić information content (AvgIpc) is 2.74. The Morgan fingerprint density at radius 3 is 2.79 bits per heavy atom. The van der Waals surface area contributed by atoms with E-state index in [2.05, 4.69) is 20.3 Å². The molecule has 0 radical (unpaired) electrons. The van der Waals surface area contributed by atoms with E-state index in [-0.39, 0.29) is 23.6 Å². The number of rotatable bonds is 8. The largest absolute Gasteiger partial charge is 0.462 e. The van der Waals surface area contributed by atoms with Gasteiger partial charge < -0.3 is 10.1 Å². The number of hydrogen-bond donors (Lipinski definition) is 1. The van der Waals surface area contributed by atoms with Gasteiger partial charge in [-0.25, -0.2) is 14.8 Å². The van der Waals surface area contributed by atoms with Crippen LogP contribution in [0.2, 0.25) is 0 Å². The smallest absolute Gasteiger partial charge is 0.341 e. The van der Waals surface area contributed by atoms with Gasteiger partial charge in [-0.2, -0.15) is 0 Å². The van der Waals surface area contributed by atoms with Crippen molar-refractivity contribution in [3.63, 3.8) is 0 Å². The maximum Gasteiger partial charge on any atom is 0.341 e. The van der Waals surface area contributed by atoms with Crippen molar-refractivity contribution >= 4 is 17.6 Å². The lowest BCUT2D eigenvalue weighted by Crippen LogP contribution is -2.13. The molecule has 3 aromatic rings. The maximum absolute atomic E-state index is 12.3. The van der Waals surface area contributed by atoms with Crippen LogP contribution in [-0.4, -0.2) is 39.0 Å². The highest BCUT2D eigenvalue weighted by molar-refractivity contribution is 5.96. The summed E-state index contributed by atoms with van der Waals surface area (Å²) in [5.74, 6) is -0.287. The third-order valence-corrected chi connectivity index (χ3v) is 4.00. The van der Waals surface area contributed by atoms with Gasteiger partial charge in [-0.15, -0.1) is 0 Å². The number of ether oxygens (including phenoxy) is 1. The second-order valence-corrected chi connectivity index (χ2v) is 5.98. The van der Waals surface area contributed by atoms with E-state index in [1.165, 1.54) is 18.3 Å². The molecular weight excluding hydrogens is 374 g/mol. The summed E-state index contributed by atoms with van der Waals surface area (Å²) in [6.07, 6.45) is 3.75. The van der Waals surface area contributed by atoms with Gasteiger partial charge in [0.05, 0.1) is 17.2 Å². The fraction of sp³-hybridized carbons (Fsp3) is 0.200. The standard InChI is InChI=1S/C20H19N5O4/c1-2-29-19(26)17-13-23-20(22-11-9-15-7-3-4-10-21-15)24-18(17)14-6-5-8-16(12-14)25(27)28/h3-8,10,12-13H,2,9,11H2,1H3,(H,22,23,24). The van der Waals surface area contributed by atoms with Crippen molar-refractivity contribution in [1.82, 2.24) is 15.0 Å². The molecule has 9 heteroatoms. The molecule has 0 atom stereocenters. The van der Waals surface area contributed by atoms with Crippen molar-refractivity contribution in [2.45, 2.75) is 13.3 Å². The number of aromatic nitrogens is 3. The topological polar surface area (TPSA) is 120 Å². The number of non-ortho nitro benzene ring substituents is 1. The molecule has 1 aromatic carbocycles. The van der Waals surface area contributed by atoms with E-state index in [1.54, 1.807) is 25.3 Å². The van der Waals surface area contributed by atoms with E-state index in [0.29, 0.717) is 24.5 Å². The molecule has 148 valence electrons. The number of carbonyl (C=O) groups excluding carboxylic acids is 1. The fourth-order valence-electron chi connectivity index (χ4n) is 2.66. The van der Waals surface area contributed by atoms with Gasteiger partial charge in [0.25, 0.3) is 5.69 Å². The van der Waals surface area contributed by atoms with Crippen LogP contribution in [0.15, 0.2) is 54.9 Å². The Hall–Kier alpha value is -3.88. The van der Waals surface area contributed by atoms with Crippen LogP contribution < -0.4 is 5.32 Å². The molecule has 0 saturated carbocycles. The fourth-order valence-corrected chi connectivity index (χ4v) is 2.66. The third-order valence-electron chi connectivity index (χ3n) is 4.00. The summed E-state index contributed by atoms with van der Waals surface area (Å²) in [5.41, 5.74) is 1.66. The van der Waals surface area contributed by atoms with Crippen molar-refractivity contribution in [3.8, 4) is 11.3 Å². The molecule has 0 unspecified atom stereocenters. The van der Waals surface area contributed by atoms with Gasteiger partial charge in [-0.05, 0) is 19.1 Å². The van der Waals surface area contributed by atoms with Crippen molar-refractivity contribution in [3.05, 3.63) is 76.2 Å². The van der Waals surface area contributed by atoms with Crippen LogP contribution in [0, 0.1) is 10.1 Å². The first kappa shape index (κ1) is 19.9. The number of nitrogens with one attached hydrogen (secondary N) is 1. The molecular formula is C20H19N5O4. The van der Waals surface area contributed by atoms with Crippen LogP contribution in [0.5, 0.6) is 0 Å². The van der Waals surface area contributed by atoms with Gasteiger partial charge in [0.2, 0.25) is 5.95 Å². The van der Waals surface area contributed by atoms with E-state index in [1.807, 2.05) is 18.2 Å². The van der Waals surface area contributed by atoms with Crippen molar-refractivity contribution in [1.29, 1.82) is 0 Å². The number of pyridine rings is 1. The quantitative estimate of drug-likeness (QED) is 0.352. The number of nitro benzene ring substituents is 1. The second-order valence-electron chi connectivity index (χ2n) is 5.98. The molecule has 9 nitrogen and oxygen atoms in total. The molecule has 0 spiro atoms. The highest BCUT2D eigenvalue weighted by atomic mass is 16.6. The third kappa shape index (κ3) is 5.10. The average molecular weight is 393 g/mol. The zero-order valence-corrected chi connectivity index (χ0v) is 15.7. The first-order valence-electron chi connectivity index (χ1n) is 9.01. The van der Waals surface area contributed by atoms with Gasteiger partial charge in [-0.3, -0.25) is 15.1 Å². The van der Waals surface area contributed by atoms with Crippen LogP contribution in [0.4, 0.5) is 11.6 Å². The number of hydrogen-bond acceptors (Lipinski definition) is 8. The summed E-state index contributed by atoms with van der Waals surface area (Å²) in [5, 5.41) is 14.2. The van der Waals surface area contributed by atoms with Crippen molar-refractivity contribution in [2.24, 2.45) is 0 Å². The van der Waals surface area contributed by atoms with Crippen LogP contribution in [-0.2, 0) is 11.2 Å². The Balaban J connectivity index is 1.88. The van der Waals surface area contributed by atoms with Crippen LogP contribution in [0.25, 0.3) is 11.3 Å². The summed E-state index contributed by atoms with van der Waals surface area (Å²) in [4.78, 5) is 35.8. The molecule has 3 rings (SSSR count). The molecule has 2 heterocycles. The minimum atomic E-state index is -0.589. The minimum absolute atomic E-state index is 0.0967. The van der Waals surface area contributed by atoms with Gasteiger partial charge in [-0.1, -0.05) is 18.2 Å². The monoisotopic (exact) mass is 393 g/mol. The normalized spacial score (nSPS) is 10.4. The molecule has 2 aromatic heterocycles. The minimum Gasteiger partial charge on any atom is -0.462 e. The number of esters is 1. The van der Waals surface area contributed by atoms with Crippen molar-refractivity contribution < 1.29 is 14.5 Å². The van der Waals surface area contributed by atoms with Crippen LogP contribution in [0.3, 0.4) is 0 Å². The van der Waals surface area contributed by atoms with E-state index in [9.17, 15) is 14.9 Å². The maximum atomic E-state index is 12.3. The molecule has 29 heavy (non-hydrogen) atoms. The molecule has 0 fully saturated rings. The number of nitrogens with zero attached hydrogens (tertiary/aromatic N) is 4. The van der Waals surface area contributed by atoms with Gasteiger partial charge in [0, 0.05) is 48.7 Å². The first-order valence-corrected chi connectivity index (χ1v) is 9.01. The lowest BCUT2D eigenvalue weighted by atomic mass is 10.1. The van der Waals surface area contributed by atoms with Gasteiger partial charge in [0.1, 0.15) is 5.56 Å². The Bertz CT molecular complexity index is 1010. The predicted molar refractivity (Wildman–Crippen MR) is 107 cm³/mol. The first-order chi connectivity index (χ1) is 14.1. The summed E-state index contributed by atoms with van der Waals surface area (Å²) in [6.45, 7) is 2.42. The predicted octanol–water partition coefficient (Wildman–Crippen LogP) is 3.28. The van der Waals surface area contributed by atoms with Crippen LogP contribution in [0.1, 0.15) is 23.0 Å². The van der Waals surface area contributed by atoms with Crippen LogP contribution >= 0.6 is 0 Å². The summed E-state index contributed by atoms with van der Waals surface area (Å²) in [6, 6.07) is 11.6. The molecule has 0 aliphatic heterocycles. The Labute approximate surface area is 167 Å². The molecule has 0 aliphatic carbocycles.